The lowest BCUT2D eigenvalue weighted by molar-refractivity contribution is -0.120. The van der Waals surface area contributed by atoms with E-state index in [0.717, 1.165) is 41.8 Å². The molecule has 1 amide bonds. The van der Waals surface area contributed by atoms with Crippen molar-refractivity contribution >= 4 is 11.6 Å². The molecule has 0 aliphatic heterocycles. The van der Waals surface area contributed by atoms with Crippen LogP contribution in [0.5, 0.6) is 0 Å². The average Bonchev–Trinajstić information content (AvgIpc) is 3.17. The van der Waals surface area contributed by atoms with E-state index >= 15 is 0 Å². The van der Waals surface area contributed by atoms with Crippen LogP contribution in [0.25, 0.3) is 11.5 Å². The molecule has 0 saturated heterocycles. The number of nitrogens with two attached hydrogens (primary N) is 1. The van der Waals surface area contributed by atoms with Crippen molar-refractivity contribution in [1.82, 2.24) is 4.98 Å². The van der Waals surface area contributed by atoms with Gasteiger partial charge in [0.1, 0.15) is 6.26 Å². The van der Waals surface area contributed by atoms with Gasteiger partial charge in [-0.15, -0.1) is 0 Å². The predicted molar refractivity (Wildman–Crippen MR) is 89.9 cm³/mol. The van der Waals surface area contributed by atoms with Crippen molar-refractivity contribution < 1.29 is 9.21 Å². The number of anilines is 1. The molecule has 1 aliphatic carbocycles. The molecule has 1 aromatic heterocycles. The van der Waals surface area contributed by atoms with Crippen molar-refractivity contribution in [2.75, 3.05) is 11.9 Å². The average molecular weight is 313 g/mol. The summed E-state index contributed by atoms with van der Waals surface area (Å²) < 4.78 is 5.49. The molecule has 2 aromatic rings. The lowest BCUT2D eigenvalue weighted by Crippen LogP contribution is -2.29. The second-order valence-electron chi connectivity index (χ2n) is 6.35. The van der Waals surface area contributed by atoms with Crippen molar-refractivity contribution in [3.63, 3.8) is 0 Å². The number of carbonyl (C=O) groups is 1. The molecule has 0 unspecified atom stereocenters. The van der Waals surface area contributed by atoms with Crippen LogP contribution >= 0.6 is 0 Å². The van der Waals surface area contributed by atoms with Gasteiger partial charge in [0.15, 0.2) is 0 Å². The lowest BCUT2D eigenvalue weighted by atomic mass is 9.95. The number of rotatable bonds is 4. The van der Waals surface area contributed by atoms with Crippen LogP contribution in [0.15, 0.2) is 28.9 Å². The number of hydrogen-bond acceptors (Lipinski definition) is 4. The standard InChI is InChI=1S/C18H23N3O2/c1-11-6-7-14(8-16(11)18-20-12(2)10-23-18)21-17(22)15-5-3-4-13(15)9-19/h6-8,10,13,15H,3-5,9,19H2,1-2H3,(H,21,22)/t13-,15-/m1/s1. The van der Waals surface area contributed by atoms with Crippen molar-refractivity contribution in [2.45, 2.75) is 33.1 Å². The van der Waals surface area contributed by atoms with Gasteiger partial charge in [-0.25, -0.2) is 4.98 Å². The van der Waals surface area contributed by atoms with Gasteiger partial charge in [0.25, 0.3) is 0 Å². The van der Waals surface area contributed by atoms with E-state index in [-0.39, 0.29) is 11.8 Å². The Balaban J connectivity index is 1.80. The third kappa shape index (κ3) is 3.29. The Kier molecular flexibility index (Phi) is 4.48. The molecule has 3 rings (SSSR count). The fourth-order valence-corrected chi connectivity index (χ4v) is 3.31. The van der Waals surface area contributed by atoms with Gasteiger partial charge in [-0.05, 0) is 56.8 Å². The maximum atomic E-state index is 12.5. The molecule has 0 radical (unpaired) electrons. The Morgan fingerprint density at radius 3 is 2.91 bits per heavy atom. The number of nitrogens with zero attached hydrogens (tertiary/aromatic N) is 1. The third-order valence-corrected chi connectivity index (χ3v) is 4.65. The van der Waals surface area contributed by atoms with E-state index in [1.807, 2.05) is 32.0 Å². The van der Waals surface area contributed by atoms with Crippen LogP contribution < -0.4 is 11.1 Å². The van der Waals surface area contributed by atoms with Crippen LogP contribution in [0, 0.1) is 25.7 Å². The predicted octanol–water partition coefficient (Wildman–Crippen LogP) is 3.27. The first-order valence-corrected chi connectivity index (χ1v) is 8.12. The Morgan fingerprint density at radius 1 is 1.39 bits per heavy atom. The summed E-state index contributed by atoms with van der Waals surface area (Å²) in [4.78, 5) is 16.9. The highest BCUT2D eigenvalue weighted by Crippen LogP contribution is 2.32. The number of benzene rings is 1. The summed E-state index contributed by atoms with van der Waals surface area (Å²) in [5, 5.41) is 3.03. The normalized spacial score (nSPS) is 20.7. The number of aromatic nitrogens is 1. The summed E-state index contributed by atoms with van der Waals surface area (Å²) in [6, 6.07) is 5.81. The molecule has 122 valence electrons. The van der Waals surface area contributed by atoms with Crippen LogP contribution in [0.2, 0.25) is 0 Å². The number of aryl methyl sites for hydroxylation is 2. The Bertz CT molecular complexity index is 708. The molecule has 1 saturated carbocycles. The summed E-state index contributed by atoms with van der Waals surface area (Å²) in [7, 11) is 0. The van der Waals surface area contributed by atoms with E-state index in [1.54, 1.807) is 6.26 Å². The second-order valence-corrected chi connectivity index (χ2v) is 6.35. The van der Waals surface area contributed by atoms with Gasteiger partial charge >= 0.3 is 0 Å². The molecular formula is C18H23N3O2. The molecule has 5 heteroatoms. The Hall–Kier alpha value is -2.14. The minimum absolute atomic E-state index is 0.0220. The number of hydrogen-bond donors (Lipinski definition) is 2. The first kappa shape index (κ1) is 15.7. The molecule has 1 aromatic carbocycles. The first-order valence-electron chi connectivity index (χ1n) is 8.12. The number of carbonyl (C=O) groups excluding carboxylic acids is 1. The minimum atomic E-state index is 0.0220. The van der Waals surface area contributed by atoms with Crippen molar-refractivity contribution in [3.8, 4) is 11.5 Å². The van der Waals surface area contributed by atoms with Gasteiger partial charge < -0.3 is 15.5 Å². The van der Waals surface area contributed by atoms with Gasteiger partial charge in [-0.3, -0.25) is 4.79 Å². The van der Waals surface area contributed by atoms with E-state index in [9.17, 15) is 4.79 Å². The van der Waals surface area contributed by atoms with Crippen LogP contribution in [0.1, 0.15) is 30.5 Å². The van der Waals surface area contributed by atoms with Gasteiger partial charge in [0.05, 0.1) is 5.69 Å². The number of nitrogens with one attached hydrogen (secondary N) is 1. The fourth-order valence-electron chi connectivity index (χ4n) is 3.31. The molecule has 0 bridgehead atoms. The molecule has 5 nitrogen and oxygen atoms in total. The molecule has 23 heavy (non-hydrogen) atoms. The summed E-state index contributed by atoms with van der Waals surface area (Å²) >= 11 is 0. The highest BCUT2D eigenvalue weighted by atomic mass is 16.3. The largest absolute Gasteiger partial charge is 0.444 e. The highest BCUT2D eigenvalue weighted by molar-refractivity contribution is 5.93. The molecule has 1 aliphatic rings. The first-order chi connectivity index (χ1) is 11.1. The zero-order valence-electron chi connectivity index (χ0n) is 13.6. The van der Waals surface area contributed by atoms with Gasteiger partial charge in [-0.1, -0.05) is 12.5 Å². The fraction of sp³-hybridized carbons (Fsp3) is 0.444. The summed E-state index contributed by atoms with van der Waals surface area (Å²) in [6.45, 7) is 4.47. The lowest BCUT2D eigenvalue weighted by Gasteiger charge is -2.17. The van der Waals surface area contributed by atoms with Crippen LogP contribution in [0.3, 0.4) is 0 Å². The topological polar surface area (TPSA) is 81.2 Å². The Labute approximate surface area is 136 Å². The molecule has 1 heterocycles. The molecule has 3 N–H and O–H groups in total. The zero-order chi connectivity index (χ0) is 16.4. The highest BCUT2D eigenvalue weighted by Gasteiger charge is 2.31. The quantitative estimate of drug-likeness (QED) is 0.907. The number of oxazole rings is 1. The number of amides is 1. The molecule has 0 spiro atoms. The second kappa shape index (κ2) is 6.54. The zero-order valence-corrected chi connectivity index (χ0v) is 13.6. The van der Waals surface area contributed by atoms with Gasteiger partial charge in [-0.2, -0.15) is 0 Å². The minimum Gasteiger partial charge on any atom is -0.444 e. The SMILES string of the molecule is Cc1coc(-c2cc(NC(=O)[C@@H]3CCC[C@@H]3CN)ccc2C)n1. The van der Waals surface area contributed by atoms with E-state index in [1.165, 1.54) is 0 Å². The molecule has 2 atom stereocenters. The smallest absolute Gasteiger partial charge is 0.227 e. The summed E-state index contributed by atoms with van der Waals surface area (Å²) in [5.74, 6) is 0.969. The van der Waals surface area contributed by atoms with E-state index in [0.29, 0.717) is 18.4 Å². The maximum Gasteiger partial charge on any atom is 0.227 e. The van der Waals surface area contributed by atoms with Crippen LogP contribution in [0.4, 0.5) is 5.69 Å². The van der Waals surface area contributed by atoms with Crippen LogP contribution in [-0.4, -0.2) is 17.4 Å². The monoisotopic (exact) mass is 313 g/mol. The van der Waals surface area contributed by atoms with E-state index in [2.05, 4.69) is 10.3 Å². The summed E-state index contributed by atoms with van der Waals surface area (Å²) in [6.07, 6.45) is 4.67. The van der Waals surface area contributed by atoms with Gasteiger partial charge in [0.2, 0.25) is 11.8 Å². The van der Waals surface area contributed by atoms with Gasteiger partial charge in [0, 0.05) is 17.2 Å². The van der Waals surface area contributed by atoms with Crippen molar-refractivity contribution in [3.05, 3.63) is 35.7 Å². The van der Waals surface area contributed by atoms with Crippen LogP contribution in [-0.2, 0) is 4.79 Å². The Morgan fingerprint density at radius 2 is 2.22 bits per heavy atom. The van der Waals surface area contributed by atoms with Crippen molar-refractivity contribution in [1.29, 1.82) is 0 Å². The van der Waals surface area contributed by atoms with E-state index < -0.39 is 0 Å². The third-order valence-electron chi connectivity index (χ3n) is 4.65. The maximum absolute atomic E-state index is 12.5. The molecule has 1 fully saturated rings. The summed E-state index contributed by atoms with van der Waals surface area (Å²) in [5.41, 5.74) is 9.35. The van der Waals surface area contributed by atoms with E-state index in [4.69, 9.17) is 10.2 Å². The molecular weight excluding hydrogens is 290 g/mol. The van der Waals surface area contributed by atoms with Crippen molar-refractivity contribution in [2.24, 2.45) is 17.6 Å².